The Hall–Kier alpha value is -3.50. The predicted molar refractivity (Wildman–Crippen MR) is 125 cm³/mol. The summed E-state index contributed by atoms with van der Waals surface area (Å²) in [6, 6.07) is 9.83. The van der Waals surface area contributed by atoms with Crippen molar-refractivity contribution in [3.05, 3.63) is 47.5 Å². The molecule has 194 valence electrons. The van der Waals surface area contributed by atoms with E-state index >= 15 is 0 Å². The molecular weight excluding hydrogens is 472 g/mol. The lowest BCUT2D eigenvalue weighted by Crippen LogP contribution is -2.36. The highest BCUT2D eigenvalue weighted by Gasteiger charge is 2.51. The van der Waals surface area contributed by atoms with E-state index in [4.69, 9.17) is 28.4 Å². The van der Waals surface area contributed by atoms with E-state index in [1.807, 2.05) is 0 Å². The maximum absolute atomic E-state index is 12.4. The summed E-state index contributed by atoms with van der Waals surface area (Å²) in [5, 5.41) is 19.4. The summed E-state index contributed by atoms with van der Waals surface area (Å²) in [6.07, 6.45) is -1.03. The molecule has 2 saturated heterocycles. The second-order valence-electron chi connectivity index (χ2n) is 8.66. The molecule has 10 heteroatoms. The number of benzene rings is 2. The number of aryl methyl sites for hydroxylation is 2. The third kappa shape index (κ3) is 6.00. The summed E-state index contributed by atoms with van der Waals surface area (Å²) in [4.78, 5) is 24.8. The van der Waals surface area contributed by atoms with Gasteiger partial charge >= 0.3 is 11.9 Å². The van der Waals surface area contributed by atoms with Crippen LogP contribution in [0.1, 0.15) is 24.0 Å². The van der Waals surface area contributed by atoms with Crippen molar-refractivity contribution >= 4 is 11.9 Å². The molecule has 2 aromatic rings. The van der Waals surface area contributed by atoms with Gasteiger partial charge < -0.3 is 38.6 Å². The van der Waals surface area contributed by atoms with Crippen LogP contribution < -0.4 is 9.47 Å². The third-order valence-corrected chi connectivity index (χ3v) is 6.25. The van der Waals surface area contributed by atoms with Crippen LogP contribution in [0.5, 0.6) is 23.0 Å². The van der Waals surface area contributed by atoms with Crippen LogP contribution in [0.2, 0.25) is 0 Å². The van der Waals surface area contributed by atoms with E-state index in [1.165, 1.54) is 26.4 Å². The number of fused-ring (bicyclic) bond motifs is 1. The molecule has 36 heavy (non-hydrogen) atoms. The van der Waals surface area contributed by atoms with Crippen molar-refractivity contribution in [2.24, 2.45) is 0 Å². The fourth-order valence-corrected chi connectivity index (χ4v) is 4.33. The highest BCUT2D eigenvalue weighted by molar-refractivity contribution is 5.70. The van der Waals surface area contributed by atoms with Crippen molar-refractivity contribution < 1.29 is 48.2 Å². The molecule has 0 spiro atoms. The largest absolute Gasteiger partial charge is 0.504 e. The minimum atomic E-state index is -0.579. The van der Waals surface area contributed by atoms with Gasteiger partial charge in [0.1, 0.15) is 12.2 Å². The molecule has 0 radical (unpaired) electrons. The van der Waals surface area contributed by atoms with Gasteiger partial charge in [0.05, 0.1) is 27.4 Å². The molecule has 0 aromatic heterocycles. The van der Waals surface area contributed by atoms with E-state index in [0.717, 1.165) is 11.1 Å². The first-order valence-corrected chi connectivity index (χ1v) is 11.7. The lowest BCUT2D eigenvalue weighted by Gasteiger charge is -2.17. The smallest absolute Gasteiger partial charge is 0.306 e. The van der Waals surface area contributed by atoms with E-state index in [1.54, 1.807) is 24.3 Å². The second-order valence-corrected chi connectivity index (χ2v) is 8.66. The normalized spacial score (nSPS) is 22.6. The summed E-state index contributed by atoms with van der Waals surface area (Å²) < 4.78 is 32.8. The van der Waals surface area contributed by atoms with Crippen LogP contribution in [0.25, 0.3) is 0 Å². The maximum Gasteiger partial charge on any atom is 0.306 e. The number of ether oxygens (including phenoxy) is 6. The van der Waals surface area contributed by atoms with Gasteiger partial charge in [-0.3, -0.25) is 9.59 Å². The molecule has 2 aromatic carbocycles. The fourth-order valence-electron chi connectivity index (χ4n) is 4.33. The van der Waals surface area contributed by atoms with Crippen molar-refractivity contribution in [2.45, 2.75) is 50.1 Å². The Labute approximate surface area is 208 Å². The Balaban J connectivity index is 1.22. The van der Waals surface area contributed by atoms with E-state index in [0.29, 0.717) is 24.3 Å². The van der Waals surface area contributed by atoms with Crippen molar-refractivity contribution in [3.8, 4) is 23.0 Å². The third-order valence-electron chi connectivity index (χ3n) is 6.25. The van der Waals surface area contributed by atoms with Crippen molar-refractivity contribution in [1.29, 1.82) is 0 Å². The molecule has 4 atom stereocenters. The van der Waals surface area contributed by atoms with Gasteiger partial charge in [-0.05, 0) is 48.2 Å². The van der Waals surface area contributed by atoms with Gasteiger partial charge in [0, 0.05) is 12.8 Å². The molecule has 0 saturated carbocycles. The molecule has 2 aliphatic heterocycles. The van der Waals surface area contributed by atoms with E-state index in [2.05, 4.69) is 0 Å². The van der Waals surface area contributed by atoms with Gasteiger partial charge in [0.2, 0.25) is 0 Å². The zero-order valence-electron chi connectivity index (χ0n) is 20.2. The maximum atomic E-state index is 12.4. The van der Waals surface area contributed by atoms with Crippen molar-refractivity contribution in [1.82, 2.24) is 0 Å². The first-order chi connectivity index (χ1) is 17.4. The molecule has 2 N–H and O–H groups in total. The highest BCUT2D eigenvalue weighted by Crippen LogP contribution is 2.32. The fraction of sp³-hybridized carbons (Fsp3) is 0.462. The lowest BCUT2D eigenvalue weighted by molar-refractivity contribution is -0.155. The Kier molecular flexibility index (Phi) is 8.17. The SMILES string of the molecule is COc1cc(CCC(=O)O[C@H]2CO[C@H]3[C@@H]2OC[C@H]3OC(=O)CCc2ccc(O)c(OC)c2)ccc1O. The predicted octanol–water partition coefficient (Wildman–Crippen LogP) is 2.30. The van der Waals surface area contributed by atoms with Crippen LogP contribution in [0, 0.1) is 0 Å². The van der Waals surface area contributed by atoms with Crippen LogP contribution in [0.4, 0.5) is 0 Å². The van der Waals surface area contributed by atoms with Crippen molar-refractivity contribution in [2.75, 3.05) is 27.4 Å². The first kappa shape index (κ1) is 25.6. The molecule has 0 aliphatic carbocycles. The number of hydrogen-bond donors (Lipinski definition) is 2. The Morgan fingerprint density at radius 2 is 1.19 bits per heavy atom. The summed E-state index contributed by atoms with van der Waals surface area (Å²) in [7, 11) is 2.92. The average Bonchev–Trinajstić information content (AvgIpc) is 3.46. The standard InChI is InChI=1S/C26H30O10/c1-31-19-11-15(3-7-17(19)27)5-9-23(29)35-21-13-33-26-22(14-34-25(21)26)36-24(30)10-6-16-4-8-18(28)20(12-16)32-2/h3-4,7-8,11-12,21-22,25-28H,5-6,9-10,13-14H2,1-2H3/t21-,22+,25-,26-/m1/s1. The van der Waals surface area contributed by atoms with Gasteiger partial charge in [-0.1, -0.05) is 12.1 Å². The van der Waals surface area contributed by atoms with E-state index < -0.39 is 36.4 Å². The Morgan fingerprint density at radius 1 is 0.778 bits per heavy atom. The van der Waals surface area contributed by atoms with Crippen LogP contribution in [-0.4, -0.2) is 74.0 Å². The number of carbonyl (C=O) groups is 2. The molecule has 0 unspecified atom stereocenters. The number of esters is 2. The topological polar surface area (TPSA) is 130 Å². The monoisotopic (exact) mass is 502 g/mol. The van der Waals surface area contributed by atoms with E-state index in [9.17, 15) is 19.8 Å². The molecule has 10 nitrogen and oxygen atoms in total. The molecular formula is C26H30O10. The number of hydrogen-bond acceptors (Lipinski definition) is 10. The van der Waals surface area contributed by atoms with Crippen LogP contribution in [0.15, 0.2) is 36.4 Å². The minimum absolute atomic E-state index is 0.0344. The second kappa shape index (κ2) is 11.5. The number of phenols is 2. The number of rotatable bonds is 10. The number of aromatic hydroxyl groups is 2. The van der Waals surface area contributed by atoms with Gasteiger partial charge in [-0.25, -0.2) is 0 Å². The van der Waals surface area contributed by atoms with Gasteiger partial charge in [-0.15, -0.1) is 0 Å². The highest BCUT2D eigenvalue weighted by atomic mass is 16.7. The molecule has 2 heterocycles. The summed E-state index contributed by atoms with van der Waals surface area (Å²) in [5.41, 5.74) is 1.66. The Morgan fingerprint density at radius 3 is 1.58 bits per heavy atom. The quantitative estimate of drug-likeness (QED) is 0.467. The van der Waals surface area contributed by atoms with Crippen molar-refractivity contribution in [3.63, 3.8) is 0 Å². The molecule has 2 fully saturated rings. The summed E-state index contributed by atoms with van der Waals surface area (Å²) in [6.45, 7) is 0.324. The lowest BCUT2D eigenvalue weighted by atomic mass is 10.1. The summed E-state index contributed by atoms with van der Waals surface area (Å²) in [5.74, 6) is -0.0417. The number of methoxy groups -OCH3 is 2. The zero-order chi connectivity index (χ0) is 25.7. The van der Waals surface area contributed by atoms with Crippen LogP contribution in [0.3, 0.4) is 0 Å². The molecule has 2 aliphatic rings. The van der Waals surface area contributed by atoms with Crippen LogP contribution >= 0.6 is 0 Å². The molecule has 4 rings (SSSR count). The molecule has 0 amide bonds. The molecule has 0 bridgehead atoms. The van der Waals surface area contributed by atoms with Gasteiger partial charge in [0.15, 0.2) is 35.2 Å². The van der Waals surface area contributed by atoms with Crippen LogP contribution in [-0.2, 0) is 41.4 Å². The minimum Gasteiger partial charge on any atom is -0.504 e. The Bertz CT molecular complexity index is 999. The number of phenolic OH excluding ortho intramolecular Hbond substituents is 2. The summed E-state index contributed by atoms with van der Waals surface area (Å²) >= 11 is 0. The van der Waals surface area contributed by atoms with Gasteiger partial charge in [-0.2, -0.15) is 0 Å². The van der Waals surface area contributed by atoms with Gasteiger partial charge in [0.25, 0.3) is 0 Å². The average molecular weight is 503 g/mol. The zero-order valence-corrected chi connectivity index (χ0v) is 20.2. The van der Waals surface area contributed by atoms with E-state index in [-0.39, 0.29) is 37.6 Å². The first-order valence-electron chi connectivity index (χ1n) is 11.7. The number of carbonyl (C=O) groups excluding carboxylic acids is 2.